The molecule has 0 aliphatic carbocycles. The van der Waals surface area contributed by atoms with Crippen molar-refractivity contribution in [3.05, 3.63) is 0 Å². The second-order valence-electron chi connectivity index (χ2n) is 8.44. The summed E-state index contributed by atoms with van der Waals surface area (Å²) in [6.07, 6.45) is -5.47. The zero-order chi connectivity index (χ0) is 22.6. The third-order valence-corrected chi connectivity index (χ3v) is 6.85. The maximum absolute atomic E-state index is 13.3. The molecule has 2 aliphatic rings. The quantitative estimate of drug-likeness (QED) is 0.358. The molecule has 2 fully saturated rings. The molecule has 30 heavy (non-hydrogen) atoms. The van der Waals surface area contributed by atoms with Gasteiger partial charge in [-0.2, -0.15) is 0 Å². The van der Waals surface area contributed by atoms with E-state index in [-0.39, 0.29) is 25.4 Å². The third kappa shape index (κ3) is 6.74. The van der Waals surface area contributed by atoms with Gasteiger partial charge in [0.1, 0.15) is 36.6 Å². The van der Waals surface area contributed by atoms with Crippen LogP contribution < -0.4 is 0 Å². The van der Waals surface area contributed by atoms with Crippen molar-refractivity contribution in [3.8, 4) is 0 Å². The van der Waals surface area contributed by atoms with Gasteiger partial charge in [0.25, 0.3) is 14.5 Å². The van der Waals surface area contributed by atoms with Gasteiger partial charge >= 0.3 is 0 Å². The highest BCUT2D eigenvalue weighted by atomic mass is 31.2. The molecule has 2 saturated heterocycles. The van der Waals surface area contributed by atoms with E-state index in [4.69, 9.17) is 28.0 Å². The Hall–Kier alpha value is -0.0251. The van der Waals surface area contributed by atoms with Gasteiger partial charge in [0.2, 0.25) is 0 Å². The number of hydrogen-bond donors (Lipinski definition) is 2. The van der Waals surface area contributed by atoms with E-state index in [0.717, 1.165) is 0 Å². The zero-order valence-corrected chi connectivity index (χ0v) is 19.9. The number of aliphatic hydroxyl groups excluding tert-OH is 2. The molecule has 0 aromatic heterocycles. The third-order valence-electron chi connectivity index (χ3n) is 5.17. The van der Waals surface area contributed by atoms with Crippen molar-refractivity contribution < 1.29 is 42.8 Å². The van der Waals surface area contributed by atoms with Crippen LogP contribution in [0.2, 0.25) is 6.82 Å². The molecule has 11 heteroatoms. The minimum Gasteiger partial charge on any atom is -0.388 e. The SMILES string of the molecule is C[B]P(=O)(OC[C@H]1O[C@@H](C)[C@@H](O)C1OC(C)C)OC1[C@@H](COC(C)C)O[C@@H](C)[C@H]1O. The first-order valence-corrected chi connectivity index (χ1v) is 12.3. The van der Waals surface area contributed by atoms with Crippen molar-refractivity contribution in [1.82, 2.24) is 0 Å². The zero-order valence-electron chi connectivity index (χ0n) is 19.0. The molecule has 0 bridgehead atoms. The molecule has 9 nitrogen and oxygen atoms in total. The molecule has 0 amide bonds. The first kappa shape index (κ1) is 26.2. The molecule has 2 N–H and O–H groups in total. The molecule has 2 aliphatic heterocycles. The molecule has 0 spiro atoms. The lowest BCUT2D eigenvalue weighted by molar-refractivity contribution is -0.0776. The highest BCUT2D eigenvalue weighted by Gasteiger charge is 2.47. The molecule has 9 atom stereocenters. The lowest BCUT2D eigenvalue weighted by Crippen LogP contribution is -2.39. The molecule has 0 aromatic rings. The fourth-order valence-electron chi connectivity index (χ4n) is 3.52. The van der Waals surface area contributed by atoms with Gasteiger partial charge in [0, 0.05) is 0 Å². The van der Waals surface area contributed by atoms with E-state index in [1.807, 2.05) is 27.7 Å². The van der Waals surface area contributed by atoms with Crippen molar-refractivity contribution in [2.75, 3.05) is 13.2 Å². The first-order valence-electron chi connectivity index (χ1n) is 10.6. The summed E-state index contributed by atoms with van der Waals surface area (Å²) in [5.41, 5.74) is 0. The van der Waals surface area contributed by atoms with Gasteiger partial charge in [-0.15, -0.1) is 0 Å². The maximum atomic E-state index is 13.3. The highest BCUT2D eigenvalue weighted by Crippen LogP contribution is 2.50. The predicted molar refractivity (Wildman–Crippen MR) is 112 cm³/mol. The monoisotopic (exact) mass is 451 g/mol. The van der Waals surface area contributed by atoms with E-state index < -0.39 is 56.3 Å². The van der Waals surface area contributed by atoms with Crippen molar-refractivity contribution in [2.24, 2.45) is 0 Å². The Morgan fingerprint density at radius 1 is 0.933 bits per heavy atom. The number of rotatable bonds is 11. The Morgan fingerprint density at radius 2 is 1.47 bits per heavy atom. The Bertz CT molecular complexity index is 578. The largest absolute Gasteiger partial charge is 0.388 e. The van der Waals surface area contributed by atoms with Crippen molar-refractivity contribution in [3.63, 3.8) is 0 Å². The number of aliphatic hydroxyl groups is 2. The molecule has 0 saturated carbocycles. The standard InChI is InChI=1S/C19H37BO9P/c1-10(2)24-8-14-19(17(22)13(6)27-14)29-30(23,20-7)25-9-15-18(26-11(3)4)16(21)12(5)28-15/h10-19,21-22H,8-9H2,1-7H3/t12-,13-,14+,15+,16+,17+,18?,19?,30?/m0/s1. The Balaban J connectivity index is 2.03. The summed E-state index contributed by atoms with van der Waals surface area (Å²) in [6, 6.07) is 0. The molecule has 2 heterocycles. The van der Waals surface area contributed by atoms with Crippen LogP contribution in [0.3, 0.4) is 0 Å². The van der Waals surface area contributed by atoms with Gasteiger partial charge in [-0.1, -0.05) is 6.82 Å². The van der Waals surface area contributed by atoms with Crippen LogP contribution in [0.25, 0.3) is 0 Å². The fraction of sp³-hybridized carbons (Fsp3) is 1.00. The van der Waals surface area contributed by atoms with Gasteiger partial charge in [0.15, 0.2) is 0 Å². The van der Waals surface area contributed by atoms with Crippen LogP contribution in [0, 0.1) is 0 Å². The van der Waals surface area contributed by atoms with E-state index in [9.17, 15) is 14.8 Å². The molecule has 3 unspecified atom stereocenters. The van der Waals surface area contributed by atoms with E-state index >= 15 is 0 Å². The number of ether oxygens (including phenoxy) is 4. The van der Waals surface area contributed by atoms with Gasteiger partial charge in [-0.3, -0.25) is 4.57 Å². The van der Waals surface area contributed by atoms with Gasteiger partial charge in [0.05, 0.1) is 37.6 Å². The molecule has 0 aromatic carbocycles. The second kappa shape index (κ2) is 11.2. The predicted octanol–water partition coefficient (Wildman–Crippen LogP) is 1.76. The van der Waals surface area contributed by atoms with Crippen molar-refractivity contribution in [1.29, 1.82) is 0 Å². The highest BCUT2D eigenvalue weighted by molar-refractivity contribution is 7.83. The Labute approximate surface area is 180 Å². The fourth-order valence-corrected chi connectivity index (χ4v) is 4.81. The topological polar surface area (TPSA) is 113 Å². The summed E-state index contributed by atoms with van der Waals surface area (Å²) in [5, 5.41) is 20.8. The number of hydrogen-bond acceptors (Lipinski definition) is 9. The average molecular weight is 451 g/mol. The van der Waals surface area contributed by atoms with Crippen LogP contribution in [-0.4, -0.2) is 91.5 Å². The molecular formula is C19H37BO9P. The smallest absolute Gasteiger partial charge is 0.272 e. The van der Waals surface area contributed by atoms with Crippen LogP contribution in [0.15, 0.2) is 0 Å². The molecular weight excluding hydrogens is 414 g/mol. The normalized spacial score (nSPS) is 39.0. The summed E-state index contributed by atoms with van der Waals surface area (Å²) >= 11 is 0. The van der Waals surface area contributed by atoms with Crippen LogP contribution in [0.4, 0.5) is 0 Å². The summed E-state index contributed by atoms with van der Waals surface area (Å²) in [7, 11) is -3.69. The molecule has 175 valence electrons. The minimum atomic E-state index is -3.69. The Kier molecular flexibility index (Phi) is 9.80. The summed E-state index contributed by atoms with van der Waals surface area (Å²) < 4.78 is 47.5. The van der Waals surface area contributed by atoms with Gasteiger partial charge in [-0.05, 0) is 41.5 Å². The van der Waals surface area contributed by atoms with Crippen molar-refractivity contribution in [2.45, 2.75) is 109 Å². The Morgan fingerprint density at radius 3 is 1.97 bits per heavy atom. The van der Waals surface area contributed by atoms with Crippen LogP contribution in [0.5, 0.6) is 0 Å². The lowest BCUT2D eigenvalue weighted by atomic mass is 10.1. The lowest BCUT2D eigenvalue weighted by Gasteiger charge is -2.28. The van der Waals surface area contributed by atoms with Crippen LogP contribution in [-0.2, 0) is 32.6 Å². The van der Waals surface area contributed by atoms with E-state index in [2.05, 4.69) is 0 Å². The van der Waals surface area contributed by atoms with E-state index in [1.54, 1.807) is 20.7 Å². The average Bonchev–Trinajstić information content (AvgIpc) is 3.09. The second-order valence-corrected chi connectivity index (χ2v) is 10.5. The van der Waals surface area contributed by atoms with Crippen LogP contribution in [0.1, 0.15) is 41.5 Å². The van der Waals surface area contributed by atoms with E-state index in [1.165, 1.54) is 7.00 Å². The first-order chi connectivity index (χ1) is 14.0. The van der Waals surface area contributed by atoms with Gasteiger partial charge < -0.3 is 38.2 Å². The minimum absolute atomic E-state index is 0.0195. The molecule has 2 rings (SSSR count). The van der Waals surface area contributed by atoms with Crippen molar-refractivity contribution >= 4 is 14.5 Å². The van der Waals surface area contributed by atoms with E-state index in [0.29, 0.717) is 0 Å². The summed E-state index contributed by atoms with van der Waals surface area (Å²) in [5.74, 6) is 0. The van der Waals surface area contributed by atoms with Crippen LogP contribution >= 0.6 is 7.47 Å². The van der Waals surface area contributed by atoms with Gasteiger partial charge in [-0.25, -0.2) is 0 Å². The molecule has 1 radical (unpaired) electrons. The maximum Gasteiger partial charge on any atom is 0.272 e. The summed E-state index contributed by atoms with van der Waals surface area (Å²) in [4.78, 5) is 0. The summed E-state index contributed by atoms with van der Waals surface area (Å²) in [6.45, 7) is 14.0.